The molecule has 9 heteroatoms. The quantitative estimate of drug-likeness (QED) is 0.295. The number of aryl methyl sites for hydroxylation is 2. The molecule has 1 aromatic heterocycles. The molecule has 1 atom stereocenters. The molecule has 2 N–H and O–H groups in total. The van der Waals surface area contributed by atoms with Crippen LogP contribution in [0.15, 0.2) is 66.7 Å². The number of non-ortho nitro benzene ring substituents is 1. The molecule has 8 nitrogen and oxygen atoms in total. The Labute approximate surface area is 199 Å². The van der Waals surface area contributed by atoms with Gasteiger partial charge < -0.3 is 10.6 Å². The second-order valence-corrected chi connectivity index (χ2v) is 8.96. The van der Waals surface area contributed by atoms with Gasteiger partial charge in [-0.25, -0.2) is 4.98 Å². The van der Waals surface area contributed by atoms with Crippen molar-refractivity contribution in [1.29, 1.82) is 0 Å². The summed E-state index contributed by atoms with van der Waals surface area (Å²) in [6.45, 7) is 3.94. The van der Waals surface area contributed by atoms with E-state index < -0.39 is 22.8 Å². The SMILES string of the molecule is Cc1ccc(NC(=O)C(Cc2ccc([N+](=O)[O-])cc2)NC(=O)c2nc3ccccc3s2)cc1C. The number of fused-ring (bicyclic) bond motifs is 1. The number of nitrogens with one attached hydrogen (secondary N) is 2. The van der Waals surface area contributed by atoms with Crippen LogP contribution in [0.1, 0.15) is 26.5 Å². The highest BCUT2D eigenvalue weighted by molar-refractivity contribution is 7.20. The van der Waals surface area contributed by atoms with Gasteiger partial charge in [0.15, 0.2) is 5.01 Å². The van der Waals surface area contributed by atoms with Crippen LogP contribution in [-0.4, -0.2) is 27.8 Å². The number of amides is 2. The molecule has 0 saturated heterocycles. The molecule has 0 aliphatic rings. The molecule has 0 aliphatic heterocycles. The van der Waals surface area contributed by atoms with Gasteiger partial charge in [-0.05, 0) is 54.8 Å². The molecule has 34 heavy (non-hydrogen) atoms. The first-order valence-electron chi connectivity index (χ1n) is 10.6. The fourth-order valence-corrected chi connectivity index (χ4v) is 4.31. The fraction of sp³-hybridized carbons (Fsp3) is 0.160. The summed E-state index contributed by atoms with van der Waals surface area (Å²) in [5.41, 5.74) is 4.10. The summed E-state index contributed by atoms with van der Waals surface area (Å²) in [6, 6.07) is 18.0. The van der Waals surface area contributed by atoms with Crippen molar-refractivity contribution >= 4 is 44.7 Å². The van der Waals surface area contributed by atoms with Gasteiger partial charge in [0.05, 0.1) is 15.1 Å². The van der Waals surface area contributed by atoms with Crippen LogP contribution in [0.2, 0.25) is 0 Å². The van der Waals surface area contributed by atoms with Crippen molar-refractivity contribution in [2.45, 2.75) is 26.3 Å². The van der Waals surface area contributed by atoms with Crippen molar-refractivity contribution < 1.29 is 14.5 Å². The van der Waals surface area contributed by atoms with E-state index in [-0.39, 0.29) is 17.1 Å². The van der Waals surface area contributed by atoms with Gasteiger partial charge in [-0.2, -0.15) is 0 Å². The number of thiazole rings is 1. The minimum atomic E-state index is -0.914. The third-order valence-electron chi connectivity index (χ3n) is 5.47. The van der Waals surface area contributed by atoms with Crippen molar-refractivity contribution in [3.05, 3.63) is 98.5 Å². The Bertz CT molecular complexity index is 1350. The number of anilines is 1. The standard InChI is InChI=1S/C25H22N4O4S/c1-15-7-10-18(13-16(15)2)26-23(30)21(14-17-8-11-19(12-9-17)29(32)33)27-24(31)25-28-20-5-3-4-6-22(20)34-25/h3-13,21H,14H2,1-2H3,(H,26,30)(H,27,31). The van der Waals surface area contributed by atoms with Crippen LogP contribution >= 0.6 is 11.3 Å². The Morgan fingerprint density at radius 3 is 2.44 bits per heavy atom. The molecule has 0 radical (unpaired) electrons. The summed E-state index contributed by atoms with van der Waals surface area (Å²) in [7, 11) is 0. The minimum Gasteiger partial charge on any atom is -0.338 e. The maximum atomic E-state index is 13.2. The molecule has 4 rings (SSSR count). The summed E-state index contributed by atoms with van der Waals surface area (Å²) in [5.74, 6) is -0.848. The maximum Gasteiger partial charge on any atom is 0.280 e. The lowest BCUT2D eigenvalue weighted by atomic mass is 10.0. The number of para-hydroxylation sites is 1. The van der Waals surface area contributed by atoms with Gasteiger partial charge >= 0.3 is 0 Å². The first kappa shape index (κ1) is 23.1. The zero-order chi connectivity index (χ0) is 24.2. The van der Waals surface area contributed by atoms with Gasteiger partial charge in [-0.3, -0.25) is 19.7 Å². The molecule has 4 aromatic rings. The van der Waals surface area contributed by atoms with Crippen LogP contribution in [0.5, 0.6) is 0 Å². The number of nitro groups is 1. The predicted molar refractivity (Wildman–Crippen MR) is 132 cm³/mol. The molecule has 2 amide bonds. The number of aromatic nitrogens is 1. The van der Waals surface area contributed by atoms with Crippen LogP contribution in [-0.2, 0) is 11.2 Å². The molecule has 0 bridgehead atoms. The lowest BCUT2D eigenvalue weighted by Gasteiger charge is -2.18. The molecule has 3 aromatic carbocycles. The normalized spacial score (nSPS) is 11.7. The summed E-state index contributed by atoms with van der Waals surface area (Å²) in [5, 5.41) is 16.9. The summed E-state index contributed by atoms with van der Waals surface area (Å²) in [6.07, 6.45) is 0.158. The maximum absolute atomic E-state index is 13.2. The van der Waals surface area contributed by atoms with Crippen molar-refractivity contribution in [3.63, 3.8) is 0 Å². The smallest absolute Gasteiger partial charge is 0.280 e. The van der Waals surface area contributed by atoms with Gasteiger partial charge in [-0.15, -0.1) is 11.3 Å². The molecule has 1 heterocycles. The lowest BCUT2D eigenvalue weighted by Crippen LogP contribution is -2.45. The van der Waals surface area contributed by atoms with Crippen molar-refractivity contribution in [3.8, 4) is 0 Å². The highest BCUT2D eigenvalue weighted by Gasteiger charge is 2.24. The van der Waals surface area contributed by atoms with E-state index in [1.54, 1.807) is 18.2 Å². The molecular weight excluding hydrogens is 452 g/mol. The zero-order valence-corrected chi connectivity index (χ0v) is 19.4. The van der Waals surface area contributed by atoms with Crippen molar-refractivity contribution in [2.75, 3.05) is 5.32 Å². The highest BCUT2D eigenvalue weighted by atomic mass is 32.1. The van der Waals surface area contributed by atoms with Crippen LogP contribution in [0.4, 0.5) is 11.4 Å². The summed E-state index contributed by atoms with van der Waals surface area (Å²) in [4.78, 5) is 41.0. The first-order valence-corrected chi connectivity index (χ1v) is 11.4. The molecular formula is C25H22N4O4S. The topological polar surface area (TPSA) is 114 Å². The molecule has 0 aliphatic carbocycles. The zero-order valence-electron chi connectivity index (χ0n) is 18.6. The second-order valence-electron chi connectivity index (χ2n) is 7.93. The Hall–Kier alpha value is -4.11. The number of benzene rings is 3. The monoisotopic (exact) mass is 474 g/mol. The molecule has 0 saturated carbocycles. The van der Waals surface area contributed by atoms with Crippen LogP contribution in [0.3, 0.4) is 0 Å². The minimum absolute atomic E-state index is 0.0432. The average Bonchev–Trinajstić information content (AvgIpc) is 3.26. The molecule has 0 spiro atoms. The van der Waals surface area contributed by atoms with E-state index in [0.29, 0.717) is 16.8 Å². The molecule has 0 fully saturated rings. The third-order valence-corrected chi connectivity index (χ3v) is 6.51. The largest absolute Gasteiger partial charge is 0.338 e. The lowest BCUT2D eigenvalue weighted by molar-refractivity contribution is -0.384. The Balaban J connectivity index is 1.57. The average molecular weight is 475 g/mol. The number of rotatable bonds is 7. The van der Waals surface area contributed by atoms with Crippen molar-refractivity contribution in [1.82, 2.24) is 10.3 Å². The van der Waals surface area contributed by atoms with Gasteiger partial charge in [0, 0.05) is 24.2 Å². The van der Waals surface area contributed by atoms with E-state index in [2.05, 4.69) is 15.6 Å². The van der Waals surface area contributed by atoms with Crippen LogP contribution in [0.25, 0.3) is 10.2 Å². The Morgan fingerprint density at radius 1 is 1.03 bits per heavy atom. The number of hydrogen-bond donors (Lipinski definition) is 2. The highest BCUT2D eigenvalue weighted by Crippen LogP contribution is 2.22. The molecule has 172 valence electrons. The predicted octanol–water partition coefficient (Wildman–Crippen LogP) is 4.80. The van der Waals surface area contributed by atoms with E-state index in [4.69, 9.17) is 0 Å². The number of carbonyl (C=O) groups is 2. The number of nitrogens with zero attached hydrogens (tertiary/aromatic N) is 2. The summed E-state index contributed by atoms with van der Waals surface area (Å²) < 4.78 is 0.874. The first-order chi connectivity index (χ1) is 16.3. The Kier molecular flexibility index (Phi) is 6.65. The van der Waals surface area contributed by atoms with E-state index in [1.807, 2.05) is 50.2 Å². The van der Waals surface area contributed by atoms with Gasteiger partial charge in [0.2, 0.25) is 5.91 Å². The van der Waals surface area contributed by atoms with Gasteiger partial charge in [0.1, 0.15) is 6.04 Å². The summed E-state index contributed by atoms with van der Waals surface area (Å²) >= 11 is 1.25. The van der Waals surface area contributed by atoms with E-state index in [1.165, 1.54) is 23.5 Å². The van der Waals surface area contributed by atoms with E-state index in [0.717, 1.165) is 15.8 Å². The number of hydrogen-bond acceptors (Lipinski definition) is 6. The fourth-order valence-electron chi connectivity index (χ4n) is 3.44. The van der Waals surface area contributed by atoms with Crippen LogP contribution < -0.4 is 10.6 Å². The van der Waals surface area contributed by atoms with E-state index >= 15 is 0 Å². The number of nitro benzene ring substituents is 1. The van der Waals surface area contributed by atoms with E-state index in [9.17, 15) is 19.7 Å². The second kappa shape index (κ2) is 9.80. The van der Waals surface area contributed by atoms with Gasteiger partial charge in [0.25, 0.3) is 11.6 Å². The molecule has 1 unspecified atom stereocenters. The Morgan fingerprint density at radius 2 is 1.76 bits per heavy atom. The number of carbonyl (C=O) groups excluding carboxylic acids is 2. The third kappa shape index (κ3) is 5.26. The van der Waals surface area contributed by atoms with Crippen LogP contribution in [0, 0.1) is 24.0 Å². The van der Waals surface area contributed by atoms with Gasteiger partial charge in [-0.1, -0.05) is 30.3 Å². The van der Waals surface area contributed by atoms with Crippen molar-refractivity contribution in [2.24, 2.45) is 0 Å².